The quantitative estimate of drug-likeness (QED) is 0.643. The number of amides is 1. The maximum absolute atomic E-state index is 13.4. The third kappa shape index (κ3) is 4.27. The van der Waals surface area contributed by atoms with Gasteiger partial charge in [0.2, 0.25) is 0 Å². The second kappa shape index (κ2) is 7.87. The summed E-state index contributed by atoms with van der Waals surface area (Å²) in [5.41, 5.74) is 6.55. The third-order valence-electron chi connectivity index (χ3n) is 6.23. The summed E-state index contributed by atoms with van der Waals surface area (Å²) in [6, 6.07) is 5.37. The maximum atomic E-state index is 13.4. The van der Waals surface area contributed by atoms with Crippen molar-refractivity contribution in [1.82, 2.24) is 0 Å². The van der Waals surface area contributed by atoms with Crippen molar-refractivity contribution >= 4 is 33.4 Å². The van der Waals surface area contributed by atoms with Crippen molar-refractivity contribution in [2.75, 3.05) is 6.61 Å². The van der Waals surface area contributed by atoms with Gasteiger partial charge in [-0.25, -0.2) is 0 Å². The van der Waals surface area contributed by atoms with Crippen LogP contribution in [0, 0.1) is 10.8 Å². The summed E-state index contributed by atoms with van der Waals surface area (Å²) in [5, 5.41) is 0. The molecule has 2 aliphatic carbocycles. The molecule has 4 rings (SSSR count). The summed E-state index contributed by atoms with van der Waals surface area (Å²) >= 11 is 3.51. The van der Waals surface area contributed by atoms with Crippen molar-refractivity contribution < 1.29 is 23.9 Å². The molecule has 0 saturated carbocycles. The number of Topliss-reactive ketones (excluding diaryl/α,β-unsaturated/α-hetero) is 2. The van der Waals surface area contributed by atoms with Gasteiger partial charge in [-0.2, -0.15) is 0 Å². The first-order valence-electron chi connectivity index (χ1n) is 10.8. The van der Waals surface area contributed by atoms with E-state index in [1.54, 1.807) is 12.1 Å². The fraction of sp³-hybridized carbons (Fsp3) is 0.480. The van der Waals surface area contributed by atoms with Crippen LogP contribution in [0.4, 0.5) is 0 Å². The van der Waals surface area contributed by atoms with Crippen LogP contribution in [-0.4, -0.2) is 24.1 Å². The molecule has 1 aromatic rings. The van der Waals surface area contributed by atoms with Crippen molar-refractivity contribution in [3.8, 4) is 5.75 Å². The van der Waals surface area contributed by atoms with Gasteiger partial charge in [-0.05, 0) is 29.0 Å². The molecule has 1 aromatic carbocycles. The Morgan fingerprint density at radius 2 is 1.56 bits per heavy atom. The molecule has 0 aromatic heterocycles. The third-order valence-corrected chi connectivity index (χ3v) is 6.73. The van der Waals surface area contributed by atoms with Crippen LogP contribution in [0.15, 0.2) is 45.3 Å². The highest BCUT2D eigenvalue weighted by Gasteiger charge is 2.48. The minimum Gasteiger partial charge on any atom is -0.483 e. The van der Waals surface area contributed by atoms with Crippen molar-refractivity contribution in [1.29, 1.82) is 0 Å². The van der Waals surface area contributed by atoms with E-state index >= 15 is 0 Å². The summed E-state index contributed by atoms with van der Waals surface area (Å²) in [6.07, 6.45) is 1.97. The SMILES string of the molecule is CC1(C)CC(=O)C2=C(C1)OC1=C(C(=O)CC(C)(C)C1)C2c1cc(Br)ccc1OCC(N)=O. The lowest BCUT2D eigenvalue weighted by molar-refractivity contribution is -0.121. The molecule has 1 heterocycles. The van der Waals surface area contributed by atoms with Gasteiger partial charge in [0.15, 0.2) is 18.2 Å². The number of hydrogen-bond donors (Lipinski definition) is 1. The van der Waals surface area contributed by atoms with Crippen molar-refractivity contribution in [3.63, 3.8) is 0 Å². The zero-order valence-corrected chi connectivity index (χ0v) is 20.4. The largest absolute Gasteiger partial charge is 0.483 e. The van der Waals surface area contributed by atoms with Crippen LogP contribution in [-0.2, 0) is 19.1 Å². The molecule has 32 heavy (non-hydrogen) atoms. The van der Waals surface area contributed by atoms with Crippen LogP contribution in [0.25, 0.3) is 0 Å². The highest BCUT2D eigenvalue weighted by Crippen LogP contribution is 2.54. The number of allylic oxidation sites excluding steroid dienone is 4. The van der Waals surface area contributed by atoms with Gasteiger partial charge >= 0.3 is 0 Å². The summed E-state index contributed by atoms with van der Waals surface area (Å²) in [5.74, 6) is 0.464. The number of nitrogens with two attached hydrogens (primary N) is 1. The molecular weight excluding hydrogens is 474 g/mol. The van der Waals surface area contributed by atoms with Gasteiger partial charge in [0.05, 0.1) is 5.92 Å². The number of hydrogen-bond acceptors (Lipinski definition) is 5. The Morgan fingerprint density at radius 3 is 2.06 bits per heavy atom. The van der Waals surface area contributed by atoms with E-state index in [1.807, 2.05) is 33.8 Å². The van der Waals surface area contributed by atoms with E-state index in [4.69, 9.17) is 15.2 Å². The van der Waals surface area contributed by atoms with Gasteiger partial charge in [-0.3, -0.25) is 14.4 Å². The number of carbonyl (C=O) groups excluding carboxylic acids is 3. The van der Waals surface area contributed by atoms with Crippen LogP contribution in [0.1, 0.15) is 64.9 Å². The lowest BCUT2D eigenvalue weighted by Gasteiger charge is -2.43. The van der Waals surface area contributed by atoms with Gasteiger partial charge in [-0.1, -0.05) is 43.6 Å². The normalized spacial score (nSPS) is 22.3. The average molecular weight is 502 g/mol. The lowest BCUT2D eigenvalue weighted by atomic mass is 9.65. The topological polar surface area (TPSA) is 95.7 Å². The first-order chi connectivity index (χ1) is 14.9. The van der Waals surface area contributed by atoms with Gasteiger partial charge in [-0.15, -0.1) is 0 Å². The number of carbonyl (C=O) groups is 3. The molecule has 0 bridgehead atoms. The number of ether oxygens (including phenoxy) is 2. The zero-order valence-electron chi connectivity index (χ0n) is 18.8. The lowest BCUT2D eigenvalue weighted by Crippen LogP contribution is -2.37. The second-order valence-corrected chi connectivity index (χ2v) is 11.4. The molecule has 3 aliphatic rings. The average Bonchev–Trinajstić information content (AvgIpc) is 2.63. The van der Waals surface area contributed by atoms with Crippen LogP contribution < -0.4 is 10.5 Å². The fourth-order valence-electron chi connectivity index (χ4n) is 5.01. The highest BCUT2D eigenvalue weighted by molar-refractivity contribution is 9.10. The van der Waals surface area contributed by atoms with E-state index in [0.29, 0.717) is 59.7 Å². The molecule has 6 nitrogen and oxygen atoms in total. The van der Waals surface area contributed by atoms with Crippen LogP contribution in [0.5, 0.6) is 5.75 Å². The number of benzene rings is 1. The Bertz CT molecular complexity index is 1040. The Morgan fingerprint density at radius 1 is 1.03 bits per heavy atom. The predicted molar refractivity (Wildman–Crippen MR) is 123 cm³/mol. The van der Waals surface area contributed by atoms with Gasteiger partial charge in [0.1, 0.15) is 17.3 Å². The standard InChI is InChI=1S/C25H28BrNO5/c1-24(2)8-15(28)22-18(10-24)32-19-11-25(3,4)9-16(29)23(19)21(22)14-7-13(26)5-6-17(14)31-12-20(27)30/h5-7,21H,8-12H2,1-4H3,(H2,27,30). The second-order valence-electron chi connectivity index (χ2n) is 10.5. The predicted octanol–water partition coefficient (Wildman–Crippen LogP) is 4.71. The monoisotopic (exact) mass is 501 g/mol. The van der Waals surface area contributed by atoms with Crippen LogP contribution in [0.2, 0.25) is 0 Å². The van der Waals surface area contributed by atoms with Crippen LogP contribution in [0.3, 0.4) is 0 Å². The number of halogens is 1. The van der Waals surface area contributed by atoms with Gasteiger partial charge in [0, 0.05) is 46.9 Å². The maximum Gasteiger partial charge on any atom is 0.255 e. The molecule has 0 saturated heterocycles. The Hall–Kier alpha value is -2.41. The smallest absolute Gasteiger partial charge is 0.255 e. The van der Waals surface area contributed by atoms with E-state index in [2.05, 4.69) is 15.9 Å². The van der Waals surface area contributed by atoms with E-state index in [-0.39, 0.29) is 29.0 Å². The van der Waals surface area contributed by atoms with E-state index in [9.17, 15) is 14.4 Å². The molecule has 0 radical (unpaired) electrons. The van der Waals surface area contributed by atoms with Gasteiger partial charge < -0.3 is 15.2 Å². The minimum absolute atomic E-state index is 0.0220. The van der Waals surface area contributed by atoms with Crippen molar-refractivity contribution in [3.05, 3.63) is 50.9 Å². The Kier molecular flexibility index (Phi) is 5.60. The number of ketones is 2. The molecule has 0 fully saturated rings. The Balaban J connectivity index is 1.93. The first-order valence-corrected chi connectivity index (χ1v) is 11.6. The summed E-state index contributed by atoms with van der Waals surface area (Å²) in [7, 11) is 0. The van der Waals surface area contributed by atoms with Gasteiger partial charge in [0.25, 0.3) is 5.91 Å². The molecule has 1 aliphatic heterocycles. The van der Waals surface area contributed by atoms with Crippen molar-refractivity contribution in [2.24, 2.45) is 16.6 Å². The summed E-state index contributed by atoms with van der Waals surface area (Å²) in [4.78, 5) is 38.2. The zero-order chi connectivity index (χ0) is 23.4. The van der Waals surface area contributed by atoms with E-state index in [1.165, 1.54) is 0 Å². The molecule has 2 N–H and O–H groups in total. The van der Waals surface area contributed by atoms with E-state index < -0.39 is 11.8 Å². The molecule has 170 valence electrons. The molecule has 0 unspecified atom stereocenters. The molecule has 0 spiro atoms. The summed E-state index contributed by atoms with van der Waals surface area (Å²) in [6.45, 7) is 7.90. The summed E-state index contributed by atoms with van der Waals surface area (Å²) < 4.78 is 12.8. The number of rotatable bonds is 4. The minimum atomic E-state index is -0.600. The first kappa shape index (κ1) is 22.8. The molecule has 0 atom stereocenters. The molecular formula is C25H28BrNO5. The molecule has 7 heteroatoms. The highest BCUT2D eigenvalue weighted by atomic mass is 79.9. The van der Waals surface area contributed by atoms with E-state index in [0.717, 1.165) is 4.47 Å². The van der Waals surface area contributed by atoms with Crippen molar-refractivity contribution in [2.45, 2.75) is 59.3 Å². The fourth-order valence-corrected chi connectivity index (χ4v) is 5.39. The number of primary amides is 1. The molecule has 1 amide bonds. The van der Waals surface area contributed by atoms with Crippen LogP contribution >= 0.6 is 15.9 Å². The Labute approximate surface area is 196 Å².